The molecule has 4 nitrogen and oxygen atoms in total. The quantitative estimate of drug-likeness (QED) is 0.570. The van der Waals surface area contributed by atoms with Gasteiger partial charge in [0.25, 0.3) is 5.97 Å². The number of carboxylic acids is 1. The highest BCUT2D eigenvalue weighted by atomic mass is 16.5. The van der Waals surface area contributed by atoms with Crippen molar-refractivity contribution in [1.29, 1.82) is 0 Å². The average Bonchev–Trinajstić information content (AvgIpc) is 1.85. The van der Waals surface area contributed by atoms with Gasteiger partial charge in [0.1, 0.15) is 0 Å². The van der Waals surface area contributed by atoms with E-state index in [2.05, 4.69) is 0 Å². The zero-order chi connectivity index (χ0) is 8.57. The number of hydrogen-bond acceptors (Lipinski definition) is 3. The smallest absolute Gasteiger partial charge is 0.300 e. The van der Waals surface area contributed by atoms with Gasteiger partial charge in [0.15, 0.2) is 0 Å². The summed E-state index contributed by atoms with van der Waals surface area (Å²) in [6, 6.07) is 0. The van der Waals surface area contributed by atoms with Crippen molar-refractivity contribution >= 4 is 5.97 Å². The fourth-order valence-electron chi connectivity index (χ4n) is 0.224. The minimum absolute atomic E-state index is 0.719. The Hall–Kier alpha value is -0.610. The molecular formula is C6H15NO3. The van der Waals surface area contributed by atoms with Crippen molar-refractivity contribution in [3.8, 4) is 0 Å². The van der Waals surface area contributed by atoms with Crippen molar-refractivity contribution < 1.29 is 15.1 Å². The minimum Gasteiger partial charge on any atom is -0.481 e. The number of rotatable bonds is 2. The molecule has 0 aliphatic carbocycles. The first-order valence-electron chi connectivity index (χ1n) is 3.17. The van der Waals surface area contributed by atoms with E-state index in [0.717, 1.165) is 20.0 Å². The Bertz CT molecular complexity index is 77.1. The molecule has 0 aromatic carbocycles. The van der Waals surface area contributed by atoms with Gasteiger partial charge in [0, 0.05) is 20.0 Å². The van der Waals surface area contributed by atoms with Gasteiger partial charge >= 0.3 is 0 Å². The molecule has 0 rings (SSSR count). The van der Waals surface area contributed by atoms with E-state index >= 15 is 0 Å². The molecule has 0 saturated heterocycles. The van der Waals surface area contributed by atoms with Gasteiger partial charge in [0.05, 0.1) is 0 Å². The Morgan fingerprint density at radius 2 is 1.60 bits per heavy atom. The average molecular weight is 149 g/mol. The summed E-state index contributed by atoms with van der Waals surface area (Å²) in [5.74, 6) is -0.833. The highest BCUT2D eigenvalue weighted by Crippen LogP contribution is 1.73. The molecule has 0 saturated carbocycles. The molecule has 0 bridgehead atoms. The molecule has 2 N–H and O–H groups in total. The normalized spacial score (nSPS) is 8.50. The van der Waals surface area contributed by atoms with E-state index in [1.165, 1.54) is 5.06 Å². The molecule has 10 heavy (non-hydrogen) atoms. The maximum absolute atomic E-state index is 9.00. The Morgan fingerprint density at radius 3 is 1.60 bits per heavy atom. The summed E-state index contributed by atoms with van der Waals surface area (Å²) in [5, 5.41) is 17.2. The highest BCUT2D eigenvalue weighted by Gasteiger charge is 1.84. The van der Waals surface area contributed by atoms with Crippen LogP contribution in [0.3, 0.4) is 0 Å². The molecule has 4 heteroatoms. The first kappa shape index (κ1) is 12.1. The van der Waals surface area contributed by atoms with E-state index in [4.69, 9.17) is 15.1 Å². The molecular weight excluding hydrogens is 134 g/mol. The van der Waals surface area contributed by atoms with Crippen LogP contribution in [0.4, 0.5) is 0 Å². The maximum Gasteiger partial charge on any atom is 0.300 e. The van der Waals surface area contributed by atoms with E-state index in [1.54, 1.807) is 0 Å². The van der Waals surface area contributed by atoms with Crippen LogP contribution < -0.4 is 0 Å². The lowest BCUT2D eigenvalue weighted by molar-refractivity contribution is -0.134. The van der Waals surface area contributed by atoms with Crippen LogP contribution in [-0.4, -0.2) is 34.4 Å². The van der Waals surface area contributed by atoms with Gasteiger partial charge in [-0.15, -0.1) is 0 Å². The zero-order valence-electron chi connectivity index (χ0n) is 6.66. The summed E-state index contributed by atoms with van der Waals surface area (Å²) in [7, 11) is 0. The van der Waals surface area contributed by atoms with Crippen molar-refractivity contribution in [2.45, 2.75) is 20.8 Å². The Morgan fingerprint density at radius 1 is 1.40 bits per heavy atom. The van der Waals surface area contributed by atoms with E-state index in [-0.39, 0.29) is 0 Å². The van der Waals surface area contributed by atoms with Crippen molar-refractivity contribution in [1.82, 2.24) is 5.06 Å². The van der Waals surface area contributed by atoms with Crippen LogP contribution in [0.2, 0.25) is 0 Å². The van der Waals surface area contributed by atoms with Crippen LogP contribution >= 0.6 is 0 Å². The SMILES string of the molecule is CC(=O)O.CCN(O)CC. The molecule has 62 valence electrons. The Balaban J connectivity index is 0. The standard InChI is InChI=1S/C4H11NO.C2H4O2/c1-3-5(6)4-2;1-2(3)4/h6H,3-4H2,1-2H3;1H3,(H,3,4). The van der Waals surface area contributed by atoms with Crippen LogP contribution in [0, 0.1) is 0 Å². The van der Waals surface area contributed by atoms with Crippen LogP contribution in [0.1, 0.15) is 20.8 Å². The summed E-state index contributed by atoms with van der Waals surface area (Å²) in [6.45, 7) is 6.33. The van der Waals surface area contributed by atoms with Gasteiger partial charge in [-0.25, -0.2) is 0 Å². The summed E-state index contributed by atoms with van der Waals surface area (Å²) >= 11 is 0. The molecule has 0 atom stereocenters. The third kappa shape index (κ3) is 26.3. The summed E-state index contributed by atoms with van der Waals surface area (Å²) in [5.41, 5.74) is 0. The second kappa shape index (κ2) is 8.39. The van der Waals surface area contributed by atoms with Crippen LogP contribution in [0.15, 0.2) is 0 Å². The molecule has 0 aliphatic heterocycles. The topological polar surface area (TPSA) is 60.8 Å². The Labute approximate surface area is 61.0 Å². The maximum atomic E-state index is 9.00. The third-order valence-corrected chi connectivity index (χ3v) is 0.730. The van der Waals surface area contributed by atoms with Crippen LogP contribution in [-0.2, 0) is 4.79 Å². The van der Waals surface area contributed by atoms with Crippen LogP contribution in [0.25, 0.3) is 0 Å². The second-order valence-electron chi connectivity index (χ2n) is 1.66. The van der Waals surface area contributed by atoms with Crippen LogP contribution in [0.5, 0.6) is 0 Å². The molecule has 0 aromatic heterocycles. The zero-order valence-corrected chi connectivity index (χ0v) is 6.66. The van der Waals surface area contributed by atoms with Gasteiger partial charge in [-0.1, -0.05) is 13.8 Å². The summed E-state index contributed by atoms with van der Waals surface area (Å²) in [6.07, 6.45) is 0. The number of hydrogen-bond donors (Lipinski definition) is 2. The third-order valence-electron chi connectivity index (χ3n) is 0.730. The van der Waals surface area contributed by atoms with Crippen molar-refractivity contribution in [2.24, 2.45) is 0 Å². The van der Waals surface area contributed by atoms with Gasteiger partial charge in [0.2, 0.25) is 0 Å². The fraction of sp³-hybridized carbons (Fsp3) is 0.833. The first-order chi connectivity index (χ1) is 4.54. The molecule has 0 spiro atoms. The van der Waals surface area contributed by atoms with Gasteiger partial charge in [-0.2, -0.15) is 5.06 Å². The monoisotopic (exact) mass is 149 g/mol. The predicted octanol–water partition coefficient (Wildman–Crippen LogP) is 0.808. The number of aliphatic carboxylic acids is 1. The highest BCUT2D eigenvalue weighted by molar-refractivity contribution is 5.62. The molecule has 0 amide bonds. The molecule has 0 radical (unpaired) electrons. The largest absolute Gasteiger partial charge is 0.481 e. The summed E-state index contributed by atoms with van der Waals surface area (Å²) in [4.78, 5) is 9.00. The fourth-order valence-corrected chi connectivity index (χ4v) is 0.224. The molecule has 0 aliphatic rings. The summed E-state index contributed by atoms with van der Waals surface area (Å²) < 4.78 is 0. The minimum atomic E-state index is -0.833. The van der Waals surface area contributed by atoms with Crippen molar-refractivity contribution in [3.63, 3.8) is 0 Å². The lowest BCUT2D eigenvalue weighted by Gasteiger charge is -2.05. The lowest BCUT2D eigenvalue weighted by Crippen LogP contribution is -2.16. The van der Waals surface area contributed by atoms with Gasteiger partial charge in [-0.05, 0) is 0 Å². The molecule has 0 unspecified atom stereocenters. The second-order valence-corrected chi connectivity index (χ2v) is 1.66. The molecule has 0 fully saturated rings. The number of carboxylic acid groups (broad SMARTS) is 1. The van der Waals surface area contributed by atoms with E-state index in [1.807, 2.05) is 13.8 Å². The molecule has 0 heterocycles. The van der Waals surface area contributed by atoms with E-state index in [9.17, 15) is 0 Å². The first-order valence-corrected chi connectivity index (χ1v) is 3.17. The van der Waals surface area contributed by atoms with Crippen molar-refractivity contribution in [3.05, 3.63) is 0 Å². The van der Waals surface area contributed by atoms with Gasteiger partial charge in [-0.3, -0.25) is 4.79 Å². The Kier molecular flexibility index (Phi) is 10.2. The lowest BCUT2D eigenvalue weighted by atomic mass is 10.6. The number of carbonyl (C=O) groups is 1. The number of nitrogens with zero attached hydrogens (tertiary/aromatic N) is 1. The van der Waals surface area contributed by atoms with E-state index in [0.29, 0.717) is 0 Å². The van der Waals surface area contributed by atoms with E-state index < -0.39 is 5.97 Å². The molecule has 0 aromatic rings. The van der Waals surface area contributed by atoms with Gasteiger partial charge < -0.3 is 10.3 Å². The predicted molar refractivity (Wildman–Crippen MR) is 38.0 cm³/mol. The number of hydroxylamine groups is 2. The van der Waals surface area contributed by atoms with Crippen molar-refractivity contribution in [2.75, 3.05) is 13.1 Å².